The van der Waals surface area contributed by atoms with E-state index in [0.717, 1.165) is 5.92 Å². The Morgan fingerprint density at radius 1 is 0.654 bits per heavy atom. The average Bonchev–Trinajstić information content (AvgIpc) is 3.39. The summed E-state index contributed by atoms with van der Waals surface area (Å²) in [5.41, 5.74) is 1.10. The van der Waals surface area contributed by atoms with Crippen LogP contribution in [0.25, 0.3) is 0 Å². The third-order valence-corrected chi connectivity index (χ3v) is 8.09. The van der Waals surface area contributed by atoms with Crippen LogP contribution in [-0.4, -0.2) is 26.2 Å². The molecule has 0 N–H and O–H groups in total. The Bertz CT molecular complexity index is 826. The van der Waals surface area contributed by atoms with Crippen LogP contribution < -0.4 is 0 Å². The highest BCUT2D eigenvalue weighted by Crippen LogP contribution is 2.74. The van der Waals surface area contributed by atoms with Crippen molar-refractivity contribution in [1.82, 2.24) is 0 Å². The van der Waals surface area contributed by atoms with Crippen molar-refractivity contribution >= 4 is 11.9 Å². The Hall–Kier alpha value is -2.10. The molecule has 8 rings (SSSR count). The van der Waals surface area contributed by atoms with E-state index in [1.54, 1.807) is 0 Å². The highest BCUT2D eigenvalue weighted by molar-refractivity contribution is 6.02. The van der Waals surface area contributed by atoms with Gasteiger partial charge >= 0.3 is 11.9 Å². The van der Waals surface area contributed by atoms with E-state index < -0.39 is 0 Å². The van der Waals surface area contributed by atoms with Gasteiger partial charge < -0.3 is 9.47 Å². The maximum absolute atomic E-state index is 12.6. The number of ether oxygens (including phenoxy) is 2. The molecule has 8 aliphatic carbocycles. The van der Waals surface area contributed by atoms with Gasteiger partial charge in [0.2, 0.25) is 0 Å². The lowest BCUT2D eigenvalue weighted by atomic mass is 9.40. The molecule has 0 saturated heterocycles. The fraction of sp³-hybridized carbons (Fsp3) is 0.545. The third kappa shape index (κ3) is 1.54. The van der Waals surface area contributed by atoms with Gasteiger partial charge in [0.25, 0.3) is 0 Å². The molecule has 2 fully saturated rings. The summed E-state index contributed by atoms with van der Waals surface area (Å²) in [6.07, 6.45) is 14.0. The van der Waals surface area contributed by atoms with Crippen LogP contribution in [0.1, 0.15) is 0 Å². The highest BCUT2D eigenvalue weighted by atomic mass is 16.5. The second-order valence-electron chi connectivity index (χ2n) is 8.64. The van der Waals surface area contributed by atoms with E-state index in [-0.39, 0.29) is 23.8 Å². The number of hydrogen-bond acceptors (Lipinski definition) is 4. The van der Waals surface area contributed by atoms with Gasteiger partial charge in [0.15, 0.2) is 0 Å². The molecule has 26 heavy (non-hydrogen) atoms. The van der Waals surface area contributed by atoms with E-state index in [4.69, 9.17) is 9.47 Å². The van der Waals surface area contributed by atoms with Gasteiger partial charge in [-0.15, -0.1) is 0 Å². The highest BCUT2D eigenvalue weighted by Gasteiger charge is 2.71. The molecule has 0 aliphatic heterocycles. The van der Waals surface area contributed by atoms with Crippen LogP contribution in [0, 0.1) is 59.2 Å². The predicted octanol–water partition coefficient (Wildman–Crippen LogP) is 2.54. The van der Waals surface area contributed by atoms with E-state index >= 15 is 0 Å². The van der Waals surface area contributed by atoms with E-state index in [1.165, 1.54) is 14.2 Å². The number of methoxy groups -OCH3 is 2. The molecule has 0 radical (unpaired) electrons. The normalized spacial score (nSPS) is 50.4. The number of rotatable bonds is 2. The van der Waals surface area contributed by atoms with Crippen molar-refractivity contribution in [3.05, 3.63) is 47.6 Å². The van der Waals surface area contributed by atoms with E-state index in [1.807, 2.05) is 0 Å². The summed E-state index contributed by atoms with van der Waals surface area (Å²) in [5.74, 6) is 3.87. The number of hydrogen-bond donors (Lipinski definition) is 0. The first kappa shape index (κ1) is 15.0. The zero-order valence-electron chi connectivity index (χ0n) is 14.9. The molecule has 0 amide bonds. The Morgan fingerprint density at radius 3 is 1.65 bits per heavy atom. The van der Waals surface area contributed by atoms with Crippen LogP contribution in [0.15, 0.2) is 47.6 Å². The monoisotopic (exact) mass is 350 g/mol. The van der Waals surface area contributed by atoms with Gasteiger partial charge in [-0.3, -0.25) is 0 Å². The number of carbonyl (C=O) groups excluding carboxylic acids is 2. The van der Waals surface area contributed by atoms with Gasteiger partial charge in [-0.2, -0.15) is 0 Å². The van der Waals surface area contributed by atoms with E-state index in [0.29, 0.717) is 52.6 Å². The smallest absolute Gasteiger partial charge is 0.334 e. The van der Waals surface area contributed by atoms with Crippen molar-refractivity contribution in [2.75, 3.05) is 14.2 Å². The zero-order valence-corrected chi connectivity index (χ0v) is 14.9. The standard InChI is InChI=1S/C22H22O4/c1-25-21(23)18-12-7-8-13(19(18)22(24)26-2)17-16(12)14-9-3-5-10-11(6-4-9)15(10)20(14)17/h3-17,20H,1-2H3/t9?,10-,11+,12-,13-,14+,15?,16-,17+,20+/m0/s1. The summed E-state index contributed by atoms with van der Waals surface area (Å²) in [6, 6.07) is 0. The van der Waals surface area contributed by atoms with Crippen LogP contribution in [0.2, 0.25) is 0 Å². The molecule has 2 unspecified atom stereocenters. The summed E-state index contributed by atoms with van der Waals surface area (Å²) in [7, 11) is 2.79. The molecular formula is C22H22O4. The Morgan fingerprint density at radius 2 is 1.15 bits per heavy atom. The number of carbonyl (C=O) groups is 2. The quantitative estimate of drug-likeness (QED) is 0.567. The average molecular weight is 350 g/mol. The first-order valence-corrected chi connectivity index (χ1v) is 9.63. The van der Waals surface area contributed by atoms with Crippen LogP contribution in [-0.2, 0) is 19.1 Å². The van der Waals surface area contributed by atoms with Gasteiger partial charge in [-0.1, -0.05) is 36.5 Å². The van der Waals surface area contributed by atoms with Crippen molar-refractivity contribution in [3.63, 3.8) is 0 Å². The summed E-state index contributed by atoms with van der Waals surface area (Å²) in [6.45, 7) is 0. The van der Waals surface area contributed by atoms with Crippen molar-refractivity contribution < 1.29 is 19.1 Å². The second-order valence-corrected chi connectivity index (χ2v) is 8.64. The van der Waals surface area contributed by atoms with Gasteiger partial charge in [0, 0.05) is 11.8 Å². The molecule has 10 atom stereocenters. The van der Waals surface area contributed by atoms with Gasteiger partial charge in [-0.05, 0) is 47.3 Å². The Labute approximate surface area is 152 Å². The Kier molecular flexibility index (Phi) is 2.76. The molecule has 4 heteroatoms. The van der Waals surface area contributed by atoms with Gasteiger partial charge in [0.1, 0.15) is 0 Å². The van der Waals surface area contributed by atoms with Crippen molar-refractivity contribution in [2.24, 2.45) is 59.2 Å². The van der Waals surface area contributed by atoms with Gasteiger partial charge in [0.05, 0.1) is 25.4 Å². The fourth-order valence-electron chi connectivity index (χ4n) is 7.25. The van der Waals surface area contributed by atoms with Crippen LogP contribution in [0.3, 0.4) is 0 Å². The topological polar surface area (TPSA) is 52.6 Å². The molecule has 4 nitrogen and oxygen atoms in total. The first-order chi connectivity index (χ1) is 12.7. The molecule has 6 bridgehead atoms. The third-order valence-electron chi connectivity index (χ3n) is 8.09. The summed E-state index contributed by atoms with van der Waals surface area (Å²) < 4.78 is 10.1. The van der Waals surface area contributed by atoms with E-state index in [9.17, 15) is 9.59 Å². The van der Waals surface area contributed by atoms with Crippen LogP contribution in [0.5, 0.6) is 0 Å². The molecular weight excluding hydrogens is 328 g/mol. The second kappa shape index (κ2) is 4.79. The predicted molar refractivity (Wildman–Crippen MR) is 93.4 cm³/mol. The lowest BCUT2D eigenvalue weighted by Gasteiger charge is -2.63. The molecule has 0 aromatic heterocycles. The minimum absolute atomic E-state index is 0.00782. The molecule has 0 spiro atoms. The zero-order chi connectivity index (χ0) is 17.7. The lowest BCUT2D eigenvalue weighted by Crippen LogP contribution is -2.61. The Balaban J connectivity index is 1.49. The molecule has 2 saturated carbocycles. The van der Waals surface area contributed by atoms with Crippen molar-refractivity contribution in [1.29, 1.82) is 0 Å². The SMILES string of the molecule is COC(=O)C1=C(C(=O)OC)[C@H]2C=C[C@H]1[C@H]1[C@H]3C4C=C[C@@H]5C([C@@H]3[C@@H]12)[C@@H]5C=C4. The molecule has 0 aromatic carbocycles. The largest absolute Gasteiger partial charge is 0.466 e. The van der Waals surface area contributed by atoms with Gasteiger partial charge in [-0.25, -0.2) is 9.59 Å². The van der Waals surface area contributed by atoms with Crippen LogP contribution in [0.4, 0.5) is 0 Å². The molecule has 134 valence electrons. The lowest BCUT2D eigenvalue weighted by molar-refractivity contribution is -0.147. The summed E-state index contributed by atoms with van der Waals surface area (Å²) in [5, 5.41) is 0. The van der Waals surface area contributed by atoms with E-state index in [2.05, 4.69) is 36.5 Å². The number of allylic oxidation sites excluding steroid dienone is 6. The van der Waals surface area contributed by atoms with Crippen molar-refractivity contribution in [3.8, 4) is 0 Å². The number of esters is 2. The van der Waals surface area contributed by atoms with Crippen molar-refractivity contribution in [2.45, 2.75) is 0 Å². The summed E-state index contributed by atoms with van der Waals surface area (Å²) in [4.78, 5) is 25.2. The maximum Gasteiger partial charge on any atom is 0.334 e. The molecule has 0 aromatic rings. The summed E-state index contributed by atoms with van der Waals surface area (Å²) >= 11 is 0. The maximum atomic E-state index is 12.6. The minimum Gasteiger partial charge on any atom is -0.466 e. The molecule has 8 aliphatic rings. The van der Waals surface area contributed by atoms with Crippen LogP contribution >= 0.6 is 0 Å². The minimum atomic E-state index is -0.375. The molecule has 0 heterocycles. The fourth-order valence-corrected chi connectivity index (χ4v) is 7.25. The first-order valence-electron chi connectivity index (χ1n) is 9.63.